The molecule has 2 N–H and O–H groups in total. The monoisotopic (exact) mass is 273 g/mol. The van der Waals surface area contributed by atoms with Crippen molar-refractivity contribution >= 4 is 13.8 Å². The van der Waals surface area contributed by atoms with Crippen LogP contribution in [0.1, 0.15) is 44.5 Å². The van der Waals surface area contributed by atoms with Gasteiger partial charge in [0.15, 0.2) is 0 Å². The summed E-state index contributed by atoms with van der Waals surface area (Å²) in [5.74, 6) is 0.221. The highest BCUT2D eigenvalue weighted by atomic mass is 16.5. The minimum Gasteiger partial charge on any atom is -0.493 e. The van der Waals surface area contributed by atoms with Gasteiger partial charge in [0, 0.05) is 5.56 Å². The quantitative estimate of drug-likeness (QED) is 0.775. The SMILES string of the molecule is [B]CC(C)(C)CC(C)(C)COc1cccc(C(N)=O)c1. The second-order valence-electron chi connectivity index (χ2n) is 6.89. The molecule has 0 unspecified atom stereocenters. The number of primary amides is 1. The van der Waals surface area contributed by atoms with Crippen LogP contribution < -0.4 is 10.5 Å². The summed E-state index contributed by atoms with van der Waals surface area (Å²) in [5, 5.41) is 0. The van der Waals surface area contributed by atoms with Crippen LogP contribution in [0.4, 0.5) is 0 Å². The summed E-state index contributed by atoms with van der Waals surface area (Å²) in [7, 11) is 5.78. The summed E-state index contributed by atoms with van der Waals surface area (Å²) >= 11 is 0. The fraction of sp³-hybridized carbons (Fsp3) is 0.562. The molecule has 20 heavy (non-hydrogen) atoms. The Morgan fingerprint density at radius 1 is 1.25 bits per heavy atom. The molecule has 0 aromatic heterocycles. The van der Waals surface area contributed by atoms with E-state index in [0.717, 1.165) is 6.42 Å². The van der Waals surface area contributed by atoms with Crippen LogP contribution >= 0.6 is 0 Å². The maximum absolute atomic E-state index is 11.1. The van der Waals surface area contributed by atoms with Gasteiger partial charge in [-0.1, -0.05) is 40.1 Å². The van der Waals surface area contributed by atoms with Crippen LogP contribution in [0.25, 0.3) is 0 Å². The summed E-state index contributed by atoms with van der Waals surface area (Å²) in [6.07, 6.45) is 1.61. The number of amides is 1. The molecule has 0 saturated heterocycles. The van der Waals surface area contributed by atoms with Crippen molar-refractivity contribution in [3.05, 3.63) is 29.8 Å². The Hall–Kier alpha value is -1.45. The highest BCUT2D eigenvalue weighted by molar-refractivity contribution is 6.08. The summed E-state index contributed by atoms with van der Waals surface area (Å²) in [6.45, 7) is 9.19. The molecule has 1 amide bonds. The van der Waals surface area contributed by atoms with E-state index in [-0.39, 0.29) is 10.8 Å². The summed E-state index contributed by atoms with van der Waals surface area (Å²) < 4.78 is 5.80. The molecule has 0 aliphatic heterocycles. The van der Waals surface area contributed by atoms with Gasteiger partial charge < -0.3 is 10.5 Å². The van der Waals surface area contributed by atoms with E-state index in [1.807, 2.05) is 6.07 Å². The Morgan fingerprint density at radius 2 is 1.90 bits per heavy atom. The Bertz CT molecular complexity index is 469. The average molecular weight is 273 g/mol. The van der Waals surface area contributed by atoms with Crippen molar-refractivity contribution in [1.82, 2.24) is 0 Å². The maximum Gasteiger partial charge on any atom is 0.248 e. The molecule has 1 rings (SSSR count). The molecule has 0 atom stereocenters. The topological polar surface area (TPSA) is 52.3 Å². The van der Waals surface area contributed by atoms with E-state index >= 15 is 0 Å². The minimum atomic E-state index is -0.445. The van der Waals surface area contributed by atoms with E-state index in [2.05, 4.69) is 27.7 Å². The second kappa shape index (κ2) is 6.34. The van der Waals surface area contributed by atoms with Crippen LogP contribution in [0.15, 0.2) is 24.3 Å². The molecule has 0 heterocycles. The third-order valence-electron chi connectivity index (χ3n) is 3.26. The first kappa shape index (κ1) is 16.6. The van der Waals surface area contributed by atoms with Gasteiger partial charge in [-0.15, -0.1) is 0 Å². The number of carbonyl (C=O) groups excluding carboxylic acids is 1. The Kier molecular flexibility index (Phi) is 5.26. The Morgan fingerprint density at radius 3 is 2.45 bits per heavy atom. The van der Waals surface area contributed by atoms with E-state index in [9.17, 15) is 4.79 Å². The predicted molar refractivity (Wildman–Crippen MR) is 83.2 cm³/mol. The fourth-order valence-electron chi connectivity index (χ4n) is 2.44. The van der Waals surface area contributed by atoms with Crippen LogP contribution in [0.5, 0.6) is 5.75 Å². The van der Waals surface area contributed by atoms with Gasteiger partial charge in [0.05, 0.1) is 14.5 Å². The number of hydrogen-bond donors (Lipinski definition) is 1. The van der Waals surface area contributed by atoms with Gasteiger partial charge in [0.25, 0.3) is 0 Å². The van der Waals surface area contributed by atoms with Crippen molar-refractivity contribution in [3.8, 4) is 5.75 Å². The van der Waals surface area contributed by atoms with Crippen molar-refractivity contribution in [2.75, 3.05) is 6.61 Å². The first-order valence-corrected chi connectivity index (χ1v) is 6.88. The van der Waals surface area contributed by atoms with E-state index in [0.29, 0.717) is 24.2 Å². The van der Waals surface area contributed by atoms with Crippen molar-refractivity contribution < 1.29 is 9.53 Å². The van der Waals surface area contributed by atoms with Crippen molar-refractivity contribution in [2.45, 2.75) is 40.4 Å². The third kappa shape index (κ3) is 5.28. The van der Waals surface area contributed by atoms with Gasteiger partial charge in [-0.3, -0.25) is 4.79 Å². The van der Waals surface area contributed by atoms with Gasteiger partial charge in [0.2, 0.25) is 5.91 Å². The normalized spacial score (nSPS) is 12.2. The molecule has 1 aromatic rings. The van der Waals surface area contributed by atoms with E-state index in [1.54, 1.807) is 18.2 Å². The van der Waals surface area contributed by atoms with Crippen LogP contribution in [0, 0.1) is 10.8 Å². The van der Waals surface area contributed by atoms with E-state index < -0.39 is 5.91 Å². The lowest BCUT2D eigenvalue weighted by Gasteiger charge is -2.34. The van der Waals surface area contributed by atoms with E-state index in [1.165, 1.54) is 0 Å². The van der Waals surface area contributed by atoms with Crippen LogP contribution in [-0.4, -0.2) is 20.4 Å². The molecule has 2 radical (unpaired) electrons. The molecule has 0 bridgehead atoms. The number of nitrogens with two attached hydrogens (primary N) is 1. The molecule has 108 valence electrons. The molecule has 0 fully saturated rings. The number of carbonyl (C=O) groups is 1. The first-order valence-electron chi connectivity index (χ1n) is 6.88. The molecule has 3 nitrogen and oxygen atoms in total. The third-order valence-corrected chi connectivity index (χ3v) is 3.26. The smallest absolute Gasteiger partial charge is 0.248 e. The Balaban J connectivity index is 2.66. The fourth-order valence-corrected chi connectivity index (χ4v) is 2.44. The average Bonchev–Trinajstić information content (AvgIpc) is 2.36. The zero-order valence-electron chi connectivity index (χ0n) is 12.9. The Labute approximate surface area is 123 Å². The van der Waals surface area contributed by atoms with Crippen molar-refractivity contribution in [2.24, 2.45) is 16.6 Å². The molecule has 0 aliphatic rings. The number of benzene rings is 1. The lowest BCUT2D eigenvalue weighted by atomic mass is 9.69. The molecule has 0 aliphatic carbocycles. The molecule has 0 spiro atoms. The van der Waals surface area contributed by atoms with Gasteiger partial charge >= 0.3 is 0 Å². The van der Waals surface area contributed by atoms with Crippen molar-refractivity contribution in [1.29, 1.82) is 0 Å². The van der Waals surface area contributed by atoms with Crippen LogP contribution in [0.2, 0.25) is 6.32 Å². The van der Waals surface area contributed by atoms with Crippen LogP contribution in [-0.2, 0) is 0 Å². The molecule has 1 aromatic carbocycles. The van der Waals surface area contributed by atoms with Crippen LogP contribution in [0.3, 0.4) is 0 Å². The molecule has 4 heteroatoms. The van der Waals surface area contributed by atoms with Crippen molar-refractivity contribution in [3.63, 3.8) is 0 Å². The maximum atomic E-state index is 11.1. The standard InChI is InChI=1S/C16H24BNO2/c1-15(2,10-17)9-16(3,4)11-20-13-7-5-6-12(8-13)14(18)19/h5-8H,9-11H2,1-4H3,(H2,18,19). The first-order chi connectivity index (χ1) is 9.15. The molecule has 0 saturated carbocycles. The van der Waals surface area contributed by atoms with Gasteiger partial charge in [0.1, 0.15) is 5.75 Å². The number of hydrogen-bond acceptors (Lipinski definition) is 2. The lowest BCUT2D eigenvalue weighted by Crippen LogP contribution is -2.28. The lowest BCUT2D eigenvalue weighted by molar-refractivity contribution is 0.0999. The molecular weight excluding hydrogens is 249 g/mol. The van der Waals surface area contributed by atoms with Gasteiger partial charge in [-0.05, 0) is 35.4 Å². The van der Waals surface area contributed by atoms with E-state index in [4.69, 9.17) is 18.3 Å². The predicted octanol–water partition coefficient (Wildman–Crippen LogP) is 3.19. The number of ether oxygens (including phenoxy) is 1. The summed E-state index contributed by atoms with van der Waals surface area (Å²) in [5.41, 5.74) is 5.81. The number of rotatable bonds is 7. The zero-order valence-corrected chi connectivity index (χ0v) is 12.9. The molecular formula is C16H24BNO2. The van der Waals surface area contributed by atoms with Gasteiger partial charge in [-0.25, -0.2) is 0 Å². The minimum absolute atomic E-state index is 0.00555. The zero-order chi connectivity index (χ0) is 15.4. The highest BCUT2D eigenvalue weighted by Gasteiger charge is 2.28. The largest absolute Gasteiger partial charge is 0.493 e. The summed E-state index contributed by atoms with van der Waals surface area (Å²) in [4.78, 5) is 11.1. The second-order valence-corrected chi connectivity index (χ2v) is 6.89. The highest BCUT2D eigenvalue weighted by Crippen LogP contribution is 2.36. The van der Waals surface area contributed by atoms with Gasteiger partial charge in [-0.2, -0.15) is 0 Å². The summed E-state index contributed by atoms with van der Waals surface area (Å²) in [6, 6.07) is 6.95.